The fourth-order valence-electron chi connectivity index (χ4n) is 8.76. The number of methoxy groups -OCH3 is 1. The summed E-state index contributed by atoms with van der Waals surface area (Å²) >= 11 is 0. The topological polar surface area (TPSA) is 127 Å². The number of nitrogens with zero attached hydrogens (tertiary/aromatic N) is 7. The van der Waals surface area contributed by atoms with E-state index >= 15 is 4.39 Å². The summed E-state index contributed by atoms with van der Waals surface area (Å²) in [5.74, 6) is -4.47. The summed E-state index contributed by atoms with van der Waals surface area (Å²) in [5, 5.41) is 8.64. The first-order valence-electron chi connectivity index (χ1n) is 21.8. The van der Waals surface area contributed by atoms with Crippen molar-refractivity contribution in [1.29, 1.82) is 0 Å². The number of anilines is 1. The molecule has 0 radical (unpaired) electrons. The Bertz CT molecular complexity index is 2380. The molecule has 2 aliphatic heterocycles. The highest BCUT2D eigenvalue weighted by atomic mass is 19.2. The Morgan fingerprint density at radius 1 is 0.810 bits per heavy atom. The van der Waals surface area contributed by atoms with Crippen molar-refractivity contribution in [3.8, 4) is 22.6 Å². The van der Waals surface area contributed by atoms with Crippen LogP contribution in [0.5, 0.6) is 11.5 Å². The summed E-state index contributed by atoms with van der Waals surface area (Å²) in [7, 11) is 1.52. The van der Waals surface area contributed by atoms with Crippen molar-refractivity contribution in [2.75, 3.05) is 57.8 Å². The number of benzene rings is 3. The first-order valence-corrected chi connectivity index (χ1v) is 21.8. The second kappa shape index (κ2) is 18.8. The highest BCUT2D eigenvalue weighted by Gasteiger charge is 2.32. The number of aromatic nitrogens is 4. The summed E-state index contributed by atoms with van der Waals surface area (Å²) in [6, 6.07) is 14.2. The molecule has 1 N–H and O–H groups in total. The normalized spacial score (nSPS) is 19.0. The van der Waals surface area contributed by atoms with Gasteiger partial charge in [0.15, 0.2) is 17.4 Å². The van der Waals surface area contributed by atoms with Gasteiger partial charge in [0, 0.05) is 81.4 Å². The third-order valence-electron chi connectivity index (χ3n) is 12.4. The third-order valence-corrected chi connectivity index (χ3v) is 12.4. The van der Waals surface area contributed by atoms with Gasteiger partial charge in [-0.05, 0) is 101 Å². The minimum Gasteiger partial charge on any atom is -0.497 e. The summed E-state index contributed by atoms with van der Waals surface area (Å²) in [5.41, 5.74) is 2.17. The first kappa shape index (κ1) is 43.7. The minimum absolute atomic E-state index is 0.120. The zero-order valence-corrected chi connectivity index (χ0v) is 36.3. The average Bonchev–Trinajstić information content (AvgIpc) is 3.73. The molecule has 13 nitrogen and oxygen atoms in total. The molecule has 8 rings (SSSR count). The number of fused-ring (bicyclic) bond motifs is 1. The van der Waals surface area contributed by atoms with Crippen LogP contribution in [-0.4, -0.2) is 106 Å². The predicted molar refractivity (Wildman–Crippen MR) is 232 cm³/mol. The van der Waals surface area contributed by atoms with Crippen LogP contribution in [0.1, 0.15) is 81.3 Å². The maximum Gasteiger partial charge on any atom is 0.410 e. The van der Waals surface area contributed by atoms with Gasteiger partial charge in [0.05, 0.1) is 24.2 Å². The molecule has 63 heavy (non-hydrogen) atoms. The fraction of sp³-hybridized carbons (Fsp3) is 0.468. The van der Waals surface area contributed by atoms with Crippen LogP contribution in [0, 0.1) is 23.4 Å². The van der Waals surface area contributed by atoms with Crippen LogP contribution < -0.4 is 19.7 Å². The van der Waals surface area contributed by atoms with E-state index in [9.17, 15) is 18.4 Å². The number of hydrogen-bond acceptors (Lipinski definition) is 10. The lowest BCUT2D eigenvalue weighted by atomic mass is 9.86. The number of piperazine rings is 1. The van der Waals surface area contributed by atoms with Crippen LogP contribution >= 0.6 is 0 Å². The minimum atomic E-state index is -1.55. The molecule has 0 spiro atoms. The molecule has 3 aliphatic rings. The van der Waals surface area contributed by atoms with E-state index in [0.29, 0.717) is 36.5 Å². The van der Waals surface area contributed by atoms with Crippen LogP contribution in [-0.2, 0) is 11.3 Å². The lowest BCUT2D eigenvalue weighted by Gasteiger charge is -2.42. The number of rotatable bonds is 11. The second-order valence-electron chi connectivity index (χ2n) is 17.8. The van der Waals surface area contributed by atoms with Crippen molar-refractivity contribution >= 4 is 28.9 Å². The van der Waals surface area contributed by atoms with Crippen molar-refractivity contribution in [1.82, 2.24) is 34.9 Å². The first-order chi connectivity index (χ1) is 30.3. The van der Waals surface area contributed by atoms with Gasteiger partial charge in [-0.25, -0.2) is 23.5 Å². The van der Waals surface area contributed by atoms with Gasteiger partial charge in [-0.3, -0.25) is 14.4 Å². The van der Waals surface area contributed by atoms with Crippen molar-refractivity contribution in [2.24, 2.45) is 5.92 Å². The van der Waals surface area contributed by atoms with E-state index in [1.54, 1.807) is 24.3 Å². The van der Waals surface area contributed by atoms with Crippen LogP contribution in [0.2, 0.25) is 0 Å². The molecule has 3 aromatic carbocycles. The maximum absolute atomic E-state index is 15.0. The highest BCUT2D eigenvalue weighted by Crippen LogP contribution is 2.34. The quantitative estimate of drug-likeness (QED) is 0.130. The number of hydrogen-bond donors (Lipinski definition) is 1. The molecule has 4 heterocycles. The summed E-state index contributed by atoms with van der Waals surface area (Å²) in [6.45, 7) is 10.5. The Morgan fingerprint density at radius 3 is 2.17 bits per heavy atom. The number of piperidine rings is 1. The lowest BCUT2D eigenvalue weighted by molar-refractivity contribution is 0.00899. The van der Waals surface area contributed by atoms with E-state index in [0.717, 1.165) is 92.7 Å². The van der Waals surface area contributed by atoms with Gasteiger partial charge in [0.25, 0.3) is 5.91 Å². The van der Waals surface area contributed by atoms with E-state index in [-0.39, 0.29) is 31.2 Å². The van der Waals surface area contributed by atoms with Gasteiger partial charge in [-0.2, -0.15) is 9.49 Å². The fourth-order valence-corrected chi connectivity index (χ4v) is 8.76. The van der Waals surface area contributed by atoms with Crippen LogP contribution in [0.4, 0.5) is 23.9 Å². The monoisotopic (exact) mass is 868 g/mol. The predicted octanol–water partition coefficient (Wildman–Crippen LogP) is 8.18. The molecule has 0 unspecified atom stereocenters. The molecule has 2 aromatic heterocycles. The number of carbonyl (C=O) groups is 2. The largest absolute Gasteiger partial charge is 0.497 e. The van der Waals surface area contributed by atoms with Crippen molar-refractivity contribution in [3.05, 3.63) is 95.7 Å². The summed E-state index contributed by atoms with van der Waals surface area (Å²) in [4.78, 5) is 41.4. The van der Waals surface area contributed by atoms with Crippen LogP contribution in [0.3, 0.4) is 0 Å². The van der Waals surface area contributed by atoms with Gasteiger partial charge in [-0.1, -0.05) is 24.3 Å². The van der Waals surface area contributed by atoms with Crippen molar-refractivity contribution < 1.29 is 37.0 Å². The molecule has 16 heteroatoms. The van der Waals surface area contributed by atoms with Crippen LogP contribution in [0.25, 0.3) is 22.0 Å². The Labute approximate surface area is 365 Å². The molecular formula is C47H55F3N8O5. The lowest BCUT2D eigenvalue weighted by Crippen LogP contribution is -2.55. The van der Waals surface area contributed by atoms with E-state index in [2.05, 4.69) is 39.5 Å². The number of carbonyl (C=O) groups excluding carboxylic acids is 2. The molecule has 0 atom stereocenters. The van der Waals surface area contributed by atoms with Crippen LogP contribution in [0.15, 0.2) is 67.1 Å². The van der Waals surface area contributed by atoms with Gasteiger partial charge in [0.1, 0.15) is 18.0 Å². The Balaban J connectivity index is 0.790. The molecule has 2 amide bonds. The number of ether oxygens (including phenoxy) is 3. The Kier molecular flexibility index (Phi) is 13.1. The molecule has 1 aliphatic carbocycles. The third kappa shape index (κ3) is 10.3. The van der Waals surface area contributed by atoms with Gasteiger partial charge < -0.3 is 29.3 Å². The summed E-state index contributed by atoms with van der Waals surface area (Å²) in [6.07, 6.45) is 10.9. The zero-order valence-electron chi connectivity index (χ0n) is 36.3. The van der Waals surface area contributed by atoms with E-state index in [1.807, 2.05) is 42.7 Å². The number of amides is 2. The van der Waals surface area contributed by atoms with E-state index in [1.165, 1.54) is 7.11 Å². The molecule has 5 aromatic rings. The standard InChI is InChI=1S/C47H55F3N8O5/c1-47(2,3)63-46(60)57-21-19-55(20-22-57)35-15-17-56(18-16-35)45-52-26-34(27-53-45)32-9-10-33-28-58(54-40(33)23-32)36-11-5-30(6-12-36)25-51-44(59)38-24-39(48)43(42(50)41(38)49)62-29-31-7-13-37(61-4)14-8-31/h7-10,13-14,23-24,26-28,30,35-36H,5-6,11-12,15-22,25,29H2,1-4H3,(H,51,59). The maximum atomic E-state index is 15.0. The Hall–Kier alpha value is -5.90. The number of nitrogens with one attached hydrogen (secondary N) is 1. The van der Waals surface area contributed by atoms with E-state index < -0.39 is 40.3 Å². The summed E-state index contributed by atoms with van der Waals surface area (Å²) < 4.78 is 62.7. The van der Waals surface area contributed by atoms with Gasteiger partial charge in [0.2, 0.25) is 11.8 Å². The zero-order chi connectivity index (χ0) is 44.3. The van der Waals surface area contributed by atoms with Gasteiger partial charge in [-0.15, -0.1) is 0 Å². The van der Waals surface area contributed by atoms with Gasteiger partial charge >= 0.3 is 6.09 Å². The molecule has 2 saturated heterocycles. The SMILES string of the molecule is COc1ccc(COc2c(F)cc(C(=O)NCC3CCC(n4cc5ccc(-c6cnc(N7CCC(N8CCN(C(=O)OC(C)(C)C)CC8)CC7)nc6)cc5n4)CC3)c(F)c2F)cc1. The number of halogens is 3. The highest BCUT2D eigenvalue weighted by molar-refractivity contribution is 5.94. The smallest absolute Gasteiger partial charge is 0.410 e. The molecule has 1 saturated carbocycles. The second-order valence-corrected chi connectivity index (χ2v) is 17.8. The van der Waals surface area contributed by atoms with E-state index in [4.69, 9.17) is 29.3 Å². The Morgan fingerprint density at radius 2 is 1.51 bits per heavy atom. The molecule has 334 valence electrons. The molecule has 0 bridgehead atoms. The van der Waals surface area contributed by atoms with Crippen molar-refractivity contribution in [3.63, 3.8) is 0 Å². The van der Waals surface area contributed by atoms with Crippen molar-refractivity contribution in [2.45, 2.75) is 83.6 Å². The molecule has 3 fully saturated rings. The molecular weight excluding hydrogens is 814 g/mol. The average molecular weight is 869 g/mol.